The molecule has 0 saturated carbocycles. The van der Waals surface area contributed by atoms with E-state index >= 15 is 0 Å². The van der Waals surface area contributed by atoms with Crippen LogP contribution in [0.2, 0.25) is 0 Å². The highest BCUT2D eigenvalue weighted by Crippen LogP contribution is 2.23. The first-order valence-electron chi connectivity index (χ1n) is 5.92. The average molecular weight is 246 g/mol. The van der Waals surface area contributed by atoms with Gasteiger partial charge < -0.3 is 14.5 Å². The highest BCUT2D eigenvalue weighted by atomic mass is 16.5. The topological polar surface area (TPSA) is 75.3 Å². The van der Waals surface area contributed by atoms with Crippen molar-refractivity contribution in [2.75, 3.05) is 18.0 Å². The normalized spacial score (nSPS) is 19.4. The van der Waals surface area contributed by atoms with E-state index in [1.165, 1.54) is 0 Å². The van der Waals surface area contributed by atoms with Gasteiger partial charge in [0.25, 0.3) is 5.89 Å². The molecule has 1 aliphatic rings. The Balaban J connectivity index is 1.89. The number of rotatable bonds is 2. The molecule has 3 heterocycles. The van der Waals surface area contributed by atoms with E-state index in [4.69, 9.17) is 4.52 Å². The predicted molar refractivity (Wildman–Crippen MR) is 65.1 cm³/mol. The second-order valence-electron chi connectivity index (χ2n) is 4.44. The Morgan fingerprint density at radius 1 is 1.50 bits per heavy atom. The van der Waals surface area contributed by atoms with Gasteiger partial charge in [0.15, 0.2) is 5.82 Å². The fraction of sp³-hybridized carbons (Fsp3) is 0.417. The summed E-state index contributed by atoms with van der Waals surface area (Å²) in [6.45, 7) is 3.23. The summed E-state index contributed by atoms with van der Waals surface area (Å²) >= 11 is 0. The van der Waals surface area contributed by atoms with Crippen LogP contribution in [-0.2, 0) is 0 Å². The average Bonchev–Trinajstić information content (AvgIpc) is 2.98. The molecule has 1 atom stereocenters. The first-order chi connectivity index (χ1) is 8.72. The Bertz CT molecular complexity index is 555. The van der Waals surface area contributed by atoms with E-state index < -0.39 is 0 Å². The van der Waals surface area contributed by atoms with E-state index in [9.17, 15) is 5.11 Å². The third-order valence-corrected chi connectivity index (χ3v) is 3.01. The van der Waals surface area contributed by atoms with Gasteiger partial charge in [-0.05, 0) is 25.5 Å². The van der Waals surface area contributed by atoms with Crippen LogP contribution in [0.3, 0.4) is 0 Å². The molecule has 0 aromatic carbocycles. The van der Waals surface area contributed by atoms with E-state index in [-0.39, 0.29) is 6.10 Å². The minimum absolute atomic E-state index is 0.263. The maximum atomic E-state index is 9.54. The molecule has 1 aliphatic heterocycles. The van der Waals surface area contributed by atoms with Gasteiger partial charge in [-0.15, -0.1) is 0 Å². The number of hydrogen-bond acceptors (Lipinski definition) is 6. The zero-order valence-corrected chi connectivity index (χ0v) is 10.1. The third kappa shape index (κ3) is 2.06. The number of nitrogens with zero attached hydrogens (tertiary/aromatic N) is 4. The van der Waals surface area contributed by atoms with Gasteiger partial charge >= 0.3 is 0 Å². The van der Waals surface area contributed by atoms with Crippen LogP contribution in [0.15, 0.2) is 22.9 Å². The number of aryl methyl sites for hydroxylation is 1. The van der Waals surface area contributed by atoms with Crippen LogP contribution in [0.25, 0.3) is 11.5 Å². The summed E-state index contributed by atoms with van der Waals surface area (Å²) in [4.78, 5) is 10.6. The van der Waals surface area contributed by atoms with Gasteiger partial charge in [0.1, 0.15) is 5.82 Å². The molecule has 6 heteroatoms. The van der Waals surface area contributed by atoms with Crippen LogP contribution in [0.5, 0.6) is 0 Å². The SMILES string of the molecule is Cc1noc(-c2ccnc(N3CCC(O)C3)c2)n1. The Labute approximate surface area is 104 Å². The van der Waals surface area contributed by atoms with Crippen molar-refractivity contribution in [3.63, 3.8) is 0 Å². The van der Waals surface area contributed by atoms with Crippen molar-refractivity contribution in [2.45, 2.75) is 19.4 Å². The van der Waals surface area contributed by atoms with Gasteiger partial charge in [0, 0.05) is 24.8 Å². The number of pyridine rings is 1. The summed E-state index contributed by atoms with van der Waals surface area (Å²) in [6, 6.07) is 3.74. The van der Waals surface area contributed by atoms with Gasteiger partial charge in [-0.25, -0.2) is 4.98 Å². The van der Waals surface area contributed by atoms with Crippen LogP contribution in [0.1, 0.15) is 12.2 Å². The van der Waals surface area contributed by atoms with Crippen molar-refractivity contribution in [2.24, 2.45) is 0 Å². The summed E-state index contributed by atoms with van der Waals surface area (Å²) in [5, 5.41) is 13.3. The third-order valence-electron chi connectivity index (χ3n) is 3.01. The molecular weight excluding hydrogens is 232 g/mol. The Morgan fingerprint density at radius 2 is 2.39 bits per heavy atom. The number of β-amino-alcohol motifs (C(OH)–C–C–N with tert-alkyl or cyclic N) is 1. The van der Waals surface area contributed by atoms with Gasteiger partial charge in [-0.3, -0.25) is 0 Å². The lowest BCUT2D eigenvalue weighted by atomic mass is 10.2. The summed E-state index contributed by atoms with van der Waals surface area (Å²) in [7, 11) is 0. The van der Waals surface area contributed by atoms with Gasteiger partial charge in [-0.1, -0.05) is 5.16 Å². The van der Waals surface area contributed by atoms with E-state index in [1.807, 2.05) is 12.1 Å². The largest absolute Gasteiger partial charge is 0.391 e. The van der Waals surface area contributed by atoms with Crippen molar-refractivity contribution in [1.29, 1.82) is 0 Å². The molecule has 0 bridgehead atoms. The quantitative estimate of drug-likeness (QED) is 0.852. The number of hydrogen-bond donors (Lipinski definition) is 1. The number of aliphatic hydroxyl groups is 1. The molecule has 1 saturated heterocycles. The lowest BCUT2D eigenvalue weighted by Crippen LogP contribution is -2.22. The van der Waals surface area contributed by atoms with E-state index in [1.54, 1.807) is 13.1 Å². The molecule has 2 aromatic heterocycles. The second kappa shape index (κ2) is 4.38. The molecule has 3 rings (SSSR count). The highest BCUT2D eigenvalue weighted by molar-refractivity contribution is 5.58. The summed E-state index contributed by atoms with van der Waals surface area (Å²) in [5.41, 5.74) is 0.849. The molecule has 1 fully saturated rings. The lowest BCUT2D eigenvalue weighted by Gasteiger charge is -2.16. The van der Waals surface area contributed by atoms with Crippen LogP contribution >= 0.6 is 0 Å². The van der Waals surface area contributed by atoms with Crippen molar-refractivity contribution < 1.29 is 9.63 Å². The number of aromatic nitrogens is 3. The second-order valence-corrected chi connectivity index (χ2v) is 4.44. The number of anilines is 1. The first kappa shape index (κ1) is 11.2. The molecule has 0 aliphatic carbocycles. The van der Waals surface area contributed by atoms with Crippen LogP contribution in [0.4, 0.5) is 5.82 Å². The standard InChI is InChI=1S/C12H14N4O2/c1-8-14-12(18-15-8)9-2-4-13-11(6-9)16-5-3-10(17)7-16/h2,4,6,10,17H,3,5,7H2,1H3. The number of aliphatic hydroxyl groups excluding tert-OH is 1. The predicted octanol–water partition coefficient (Wildman–Crippen LogP) is 1.01. The molecule has 0 amide bonds. The fourth-order valence-electron chi connectivity index (χ4n) is 2.09. The van der Waals surface area contributed by atoms with Crippen molar-refractivity contribution in [3.8, 4) is 11.5 Å². The van der Waals surface area contributed by atoms with E-state index in [0.29, 0.717) is 18.3 Å². The minimum atomic E-state index is -0.263. The van der Waals surface area contributed by atoms with Crippen molar-refractivity contribution >= 4 is 5.82 Å². The zero-order valence-electron chi connectivity index (χ0n) is 10.1. The van der Waals surface area contributed by atoms with Crippen molar-refractivity contribution in [1.82, 2.24) is 15.1 Å². The van der Waals surface area contributed by atoms with Gasteiger partial charge in [-0.2, -0.15) is 4.98 Å². The smallest absolute Gasteiger partial charge is 0.258 e. The van der Waals surface area contributed by atoms with E-state index in [2.05, 4.69) is 20.0 Å². The van der Waals surface area contributed by atoms with Crippen LogP contribution < -0.4 is 4.90 Å². The molecule has 18 heavy (non-hydrogen) atoms. The highest BCUT2D eigenvalue weighted by Gasteiger charge is 2.21. The molecule has 1 unspecified atom stereocenters. The lowest BCUT2D eigenvalue weighted by molar-refractivity contribution is 0.198. The summed E-state index contributed by atoms with van der Waals surface area (Å²) < 4.78 is 5.13. The molecule has 0 radical (unpaired) electrons. The first-order valence-corrected chi connectivity index (χ1v) is 5.92. The van der Waals surface area contributed by atoms with Crippen LogP contribution in [0, 0.1) is 6.92 Å². The molecule has 0 spiro atoms. The molecule has 6 nitrogen and oxygen atoms in total. The fourth-order valence-corrected chi connectivity index (χ4v) is 2.09. The Kier molecular flexibility index (Phi) is 2.71. The van der Waals surface area contributed by atoms with Crippen molar-refractivity contribution in [3.05, 3.63) is 24.2 Å². The van der Waals surface area contributed by atoms with Gasteiger partial charge in [0.2, 0.25) is 0 Å². The summed E-state index contributed by atoms with van der Waals surface area (Å²) in [6.07, 6.45) is 2.24. The molecule has 1 N–H and O–H groups in total. The Hall–Kier alpha value is -1.95. The van der Waals surface area contributed by atoms with Gasteiger partial charge in [0.05, 0.1) is 6.10 Å². The van der Waals surface area contributed by atoms with Crippen LogP contribution in [-0.4, -0.2) is 39.4 Å². The van der Waals surface area contributed by atoms with E-state index in [0.717, 1.165) is 24.3 Å². The zero-order chi connectivity index (χ0) is 12.5. The monoisotopic (exact) mass is 246 g/mol. The minimum Gasteiger partial charge on any atom is -0.391 e. The molecular formula is C12H14N4O2. The maximum absolute atomic E-state index is 9.54. The Morgan fingerprint density at radius 3 is 3.06 bits per heavy atom. The maximum Gasteiger partial charge on any atom is 0.258 e. The molecule has 2 aromatic rings. The summed E-state index contributed by atoms with van der Waals surface area (Å²) in [5.74, 6) is 1.94. The molecule has 94 valence electrons.